The average Bonchev–Trinajstić information content (AvgIpc) is 2.16. The lowest BCUT2D eigenvalue weighted by molar-refractivity contribution is -0.118. The van der Waals surface area contributed by atoms with Gasteiger partial charge in [0.15, 0.2) is 0 Å². The fourth-order valence-electron chi connectivity index (χ4n) is 0.997. The van der Waals surface area contributed by atoms with Crippen LogP contribution in [0, 0.1) is 0 Å². The number of nitrogens with one attached hydrogen (secondary N) is 1. The number of carbonyl (C=O) groups is 1. The second-order valence-corrected chi connectivity index (χ2v) is 5.61. The number of benzene rings is 1. The number of rotatable bonds is 3. The summed E-state index contributed by atoms with van der Waals surface area (Å²) in [5.74, 6) is -0.170. The molecule has 1 amide bonds. The summed E-state index contributed by atoms with van der Waals surface area (Å²) >= 11 is 0. The third-order valence-corrected chi connectivity index (χ3v) is 3.09. The molecule has 0 saturated heterocycles. The van der Waals surface area contributed by atoms with Crippen LogP contribution < -0.4 is 5.32 Å². The first-order chi connectivity index (χ1) is 7.39. The van der Waals surface area contributed by atoms with E-state index in [1.54, 1.807) is 18.2 Å². The van der Waals surface area contributed by atoms with Gasteiger partial charge >= 0.3 is 0 Å². The number of halogens is 1. The van der Waals surface area contributed by atoms with Crippen molar-refractivity contribution in [2.45, 2.75) is 11.8 Å². The molecule has 0 spiro atoms. The molecule has 0 fully saturated rings. The molecule has 1 aromatic rings. The van der Waals surface area contributed by atoms with E-state index in [2.05, 4.69) is 5.32 Å². The Kier molecular flexibility index (Phi) is 4.09. The van der Waals surface area contributed by atoms with Crippen molar-refractivity contribution in [3.8, 4) is 0 Å². The quantitative estimate of drug-likeness (QED) is 0.841. The van der Waals surface area contributed by atoms with Gasteiger partial charge in [-0.1, -0.05) is 12.1 Å². The first-order valence-electron chi connectivity index (χ1n) is 4.38. The maximum absolute atomic E-state index is 10.9. The van der Waals surface area contributed by atoms with Crippen LogP contribution in [0.1, 0.15) is 12.5 Å². The Hall–Kier alpha value is -1.33. The zero-order valence-corrected chi connectivity index (χ0v) is 10.0. The third-order valence-electron chi connectivity index (χ3n) is 1.72. The van der Waals surface area contributed by atoms with Crippen LogP contribution in [0.3, 0.4) is 0 Å². The Labute approximate surface area is 98.3 Å². The van der Waals surface area contributed by atoms with Crippen molar-refractivity contribution in [2.75, 3.05) is 0 Å². The summed E-state index contributed by atoms with van der Waals surface area (Å²) in [5.41, 5.74) is 0.762. The van der Waals surface area contributed by atoms with Gasteiger partial charge in [0.05, 0.1) is 4.90 Å². The number of hydrogen-bond donors (Lipinski definition) is 1. The normalized spacial score (nSPS) is 11.6. The van der Waals surface area contributed by atoms with E-state index in [4.69, 9.17) is 10.7 Å². The second-order valence-electron chi connectivity index (χ2n) is 3.04. The Balaban J connectivity index is 2.80. The van der Waals surface area contributed by atoms with Crippen molar-refractivity contribution in [1.29, 1.82) is 0 Å². The molecular formula is C10H10ClNO3S. The lowest BCUT2D eigenvalue weighted by Crippen LogP contribution is -2.10. The van der Waals surface area contributed by atoms with Crippen molar-refractivity contribution >= 4 is 31.7 Å². The Morgan fingerprint density at radius 3 is 2.31 bits per heavy atom. The van der Waals surface area contributed by atoms with E-state index in [0.717, 1.165) is 5.56 Å². The molecule has 1 N–H and O–H groups in total. The molecule has 0 aliphatic rings. The van der Waals surface area contributed by atoms with E-state index in [-0.39, 0.29) is 10.8 Å². The van der Waals surface area contributed by atoms with Crippen molar-refractivity contribution in [3.05, 3.63) is 36.0 Å². The van der Waals surface area contributed by atoms with E-state index in [0.29, 0.717) is 0 Å². The van der Waals surface area contributed by atoms with Gasteiger partial charge in [-0.2, -0.15) is 0 Å². The summed E-state index contributed by atoms with van der Waals surface area (Å²) in [6.07, 6.45) is 3.12. The van der Waals surface area contributed by atoms with Crippen molar-refractivity contribution in [3.63, 3.8) is 0 Å². The van der Waals surface area contributed by atoms with Crippen LogP contribution in [-0.2, 0) is 13.8 Å². The monoisotopic (exact) mass is 259 g/mol. The third kappa shape index (κ3) is 4.04. The maximum atomic E-state index is 10.9. The van der Waals surface area contributed by atoms with Gasteiger partial charge in [0, 0.05) is 23.8 Å². The first-order valence-corrected chi connectivity index (χ1v) is 6.69. The van der Waals surface area contributed by atoms with E-state index in [1.807, 2.05) is 0 Å². The molecule has 0 aromatic heterocycles. The number of carbonyl (C=O) groups excluding carboxylic acids is 1. The minimum atomic E-state index is -3.68. The average molecular weight is 260 g/mol. The Morgan fingerprint density at radius 2 is 1.88 bits per heavy atom. The van der Waals surface area contributed by atoms with Gasteiger partial charge in [-0.3, -0.25) is 4.79 Å². The second kappa shape index (κ2) is 5.14. The van der Waals surface area contributed by atoms with Gasteiger partial charge in [0.2, 0.25) is 5.91 Å². The summed E-state index contributed by atoms with van der Waals surface area (Å²) in [5, 5.41) is 2.48. The fourth-order valence-corrected chi connectivity index (χ4v) is 1.77. The SMILES string of the molecule is CC(=O)NC=Cc1ccc(S(=O)(=O)Cl)cc1. The molecule has 0 bridgehead atoms. The van der Waals surface area contributed by atoms with Crippen LogP contribution in [0.15, 0.2) is 35.4 Å². The molecule has 0 heterocycles. The van der Waals surface area contributed by atoms with Crippen molar-refractivity contribution in [1.82, 2.24) is 5.32 Å². The first kappa shape index (κ1) is 12.7. The maximum Gasteiger partial charge on any atom is 0.261 e. The van der Waals surface area contributed by atoms with Gasteiger partial charge in [0.25, 0.3) is 9.05 Å². The molecule has 0 atom stereocenters. The van der Waals surface area contributed by atoms with E-state index < -0.39 is 9.05 Å². The summed E-state index contributed by atoms with van der Waals surface area (Å²) in [6.45, 7) is 1.40. The Morgan fingerprint density at radius 1 is 1.31 bits per heavy atom. The highest BCUT2D eigenvalue weighted by Crippen LogP contribution is 2.15. The largest absolute Gasteiger partial charge is 0.333 e. The van der Waals surface area contributed by atoms with Crippen LogP contribution in [-0.4, -0.2) is 14.3 Å². The van der Waals surface area contributed by atoms with Crippen LogP contribution in [0.2, 0.25) is 0 Å². The zero-order chi connectivity index (χ0) is 12.2. The highest BCUT2D eigenvalue weighted by Gasteiger charge is 2.07. The van der Waals surface area contributed by atoms with Crippen LogP contribution >= 0.6 is 10.7 Å². The van der Waals surface area contributed by atoms with E-state index in [1.165, 1.54) is 25.3 Å². The van der Waals surface area contributed by atoms with Gasteiger partial charge in [-0.15, -0.1) is 0 Å². The molecule has 0 unspecified atom stereocenters. The van der Waals surface area contributed by atoms with E-state index >= 15 is 0 Å². The molecule has 16 heavy (non-hydrogen) atoms. The molecule has 0 radical (unpaired) electrons. The van der Waals surface area contributed by atoms with Gasteiger partial charge in [-0.05, 0) is 23.8 Å². The summed E-state index contributed by atoms with van der Waals surface area (Å²) in [4.78, 5) is 10.6. The minimum absolute atomic E-state index is 0.0471. The highest BCUT2D eigenvalue weighted by molar-refractivity contribution is 8.13. The fraction of sp³-hybridized carbons (Fsp3) is 0.100. The summed E-state index contributed by atoms with van der Waals surface area (Å²) in [6, 6.07) is 5.98. The molecule has 0 saturated carbocycles. The van der Waals surface area contributed by atoms with E-state index in [9.17, 15) is 13.2 Å². The van der Waals surface area contributed by atoms with Crippen LogP contribution in [0.5, 0.6) is 0 Å². The molecule has 0 aliphatic carbocycles. The van der Waals surface area contributed by atoms with Gasteiger partial charge in [0.1, 0.15) is 0 Å². The zero-order valence-electron chi connectivity index (χ0n) is 8.48. The molecule has 1 aromatic carbocycles. The van der Waals surface area contributed by atoms with Crippen molar-refractivity contribution < 1.29 is 13.2 Å². The number of amides is 1. The van der Waals surface area contributed by atoms with Crippen molar-refractivity contribution in [2.24, 2.45) is 0 Å². The van der Waals surface area contributed by atoms with Crippen LogP contribution in [0.4, 0.5) is 0 Å². The summed E-state index contributed by atoms with van der Waals surface area (Å²) in [7, 11) is 1.48. The standard InChI is InChI=1S/C10H10ClNO3S/c1-8(13)12-7-6-9-2-4-10(5-3-9)16(11,14)15/h2-7H,1H3,(H,12,13). The Bertz CT molecular complexity index is 505. The predicted octanol–water partition coefficient (Wildman–Crippen LogP) is 1.72. The van der Waals surface area contributed by atoms with Gasteiger partial charge < -0.3 is 5.32 Å². The lowest BCUT2D eigenvalue weighted by Gasteiger charge is -1.97. The molecule has 0 aliphatic heterocycles. The predicted molar refractivity (Wildman–Crippen MR) is 62.3 cm³/mol. The highest BCUT2D eigenvalue weighted by atomic mass is 35.7. The molecule has 4 nitrogen and oxygen atoms in total. The van der Waals surface area contributed by atoms with Gasteiger partial charge in [-0.25, -0.2) is 8.42 Å². The number of hydrogen-bond acceptors (Lipinski definition) is 3. The summed E-state index contributed by atoms with van der Waals surface area (Å²) < 4.78 is 21.9. The smallest absolute Gasteiger partial charge is 0.261 e. The lowest BCUT2D eigenvalue weighted by atomic mass is 10.2. The molecule has 1 rings (SSSR count). The molecule has 6 heteroatoms. The minimum Gasteiger partial charge on any atom is -0.333 e. The molecule has 86 valence electrons. The molecular weight excluding hydrogens is 250 g/mol. The van der Waals surface area contributed by atoms with Crippen LogP contribution in [0.25, 0.3) is 6.08 Å². The topological polar surface area (TPSA) is 63.2 Å².